The lowest BCUT2D eigenvalue weighted by atomic mass is 9.75. The summed E-state index contributed by atoms with van der Waals surface area (Å²) in [6, 6.07) is 5.83. The van der Waals surface area contributed by atoms with Crippen LogP contribution in [0.3, 0.4) is 0 Å². The minimum absolute atomic E-state index is 0.00696. The van der Waals surface area contributed by atoms with Crippen LogP contribution in [0.1, 0.15) is 49.9 Å². The minimum Gasteiger partial charge on any atom is -0.349 e. The van der Waals surface area contributed by atoms with Gasteiger partial charge in [-0.1, -0.05) is 13.8 Å². The van der Waals surface area contributed by atoms with E-state index in [2.05, 4.69) is 47.7 Å². The first-order valence-electron chi connectivity index (χ1n) is 6.67. The molecule has 1 fully saturated rings. The fourth-order valence-corrected chi connectivity index (χ4v) is 3.12. The minimum atomic E-state index is -0.00696. The Morgan fingerprint density at radius 3 is 2.63 bits per heavy atom. The number of nitrogens with one attached hydrogen (secondary N) is 1. The SMILES string of the molecule is CC1(C)CCC(NC(=O)c2cc(S)ccc2Br)CC1. The highest BCUT2D eigenvalue weighted by atomic mass is 79.9. The van der Waals surface area contributed by atoms with Crippen LogP contribution in [-0.4, -0.2) is 11.9 Å². The van der Waals surface area contributed by atoms with E-state index in [0.29, 0.717) is 17.0 Å². The second-order valence-corrected chi connectivity index (χ2v) is 7.45. The summed E-state index contributed by atoms with van der Waals surface area (Å²) in [7, 11) is 0. The zero-order valence-electron chi connectivity index (χ0n) is 11.4. The van der Waals surface area contributed by atoms with Crippen LogP contribution in [0.2, 0.25) is 0 Å². The van der Waals surface area contributed by atoms with Gasteiger partial charge in [0.25, 0.3) is 5.91 Å². The molecule has 0 bridgehead atoms. The quantitative estimate of drug-likeness (QED) is 0.765. The number of rotatable bonds is 2. The average Bonchev–Trinajstić information content (AvgIpc) is 2.35. The van der Waals surface area contributed by atoms with E-state index in [0.717, 1.165) is 22.2 Å². The van der Waals surface area contributed by atoms with Crippen molar-refractivity contribution in [3.05, 3.63) is 28.2 Å². The Hall–Kier alpha value is -0.480. The van der Waals surface area contributed by atoms with E-state index in [-0.39, 0.29) is 5.91 Å². The van der Waals surface area contributed by atoms with Crippen LogP contribution in [0.25, 0.3) is 0 Å². The van der Waals surface area contributed by atoms with E-state index >= 15 is 0 Å². The van der Waals surface area contributed by atoms with Gasteiger partial charge < -0.3 is 5.32 Å². The van der Waals surface area contributed by atoms with E-state index in [1.54, 1.807) is 6.07 Å². The van der Waals surface area contributed by atoms with E-state index < -0.39 is 0 Å². The van der Waals surface area contributed by atoms with E-state index in [9.17, 15) is 4.79 Å². The molecule has 4 heteroatoms. The maximum Gasteiger partial charge on any atom is 0.252 e. The first-order chi connectivity index (χ1) is 8.87. The molecule has 1 aromatic rings. The second-order valence-electron chi connectivity index (χ2n) is 6.08. The molecule has 1 saturated carbocycles. The molecule has 1 amide bonds. The van der Waals surface area contributed by atoms with Crippen molar-refractivity contribution in [1.29, 1.82) is 0 Å². The standard InChI is InChI=1S/C15H20BrNOS/c1-15(2)7-5-10(6-8-15)17-14(18)12-9-11(19)3-4-13(12)16/h3-4,9-10,19H,5-8H2,1-2H3,(H,17,18). The molecular formula is C15H20BrNOS. The number of amides is 1. The number of benzene rings is 1. The van der Waals surface area contributed by atoms with Gasteiger partial charge in [-0.05, 0) is 65.2 Å². The van der Waals surface area contributed by atoms with Crippen LogP contribution in [0.5, 0.6) is 0 Å². The lowest BCUT2D eigenvalue weighted by Gasteiger charge is -2.34. The van der Waals surface area contributed by atoms with Crippen LogP contribution in [0.4, 0.5) is 0 Å². The molecule has 0 unspecified atom stereocenters. The summed E-state index contributed by atoms with van der Waals surface area (Å²) in [6.07, 6.45) is 4.48. The zero-order chi connectivity index (χ0) is 14.0. The Morgan fingerprint density at radius 2 is 2.00 bits per heavy atom. The van der Waals surface area contributed by atoms with Crippen LogP contribution in [-0.2, 0) is 0 Å². The highest BCUT2D eigenvalue weighted by molar-refractivity contribution is 9.10. The van der Waals surface area contributed by atoms with Gasteiger partial charge in [0, 0.05) is 15.4 Å². The molecular weight excluding hydrogens is 322 g/mol. The Bertz CT molecular complexity index is 477. The first kappa shape index (κ1) is 14.9. The topological polar surface area (TPSA) is 29.1 Å². The molecule has 1 aliphatic carbocycles. The predicted molar refractivity (Wildman–Crippen MR) is 84.9 cm³/mol. The number of hydrogen-bond donors (Lipinski definition) is 2. The van der Waals surface area contributed by atoms with Crippen molar-refractivity contribution in [2.24, 2.45) is 5.41 Å². The van der Waals surface area contributed by atoms with Crippen molar-refractivity contribution in [1.82, 2.24) is 5.32 Å². The fraction of sp³-hybridized carbons (Fsp3) is 0.533. The normalized spacial score (nSPS) is 19.2. The number of carbonyl (C=O) groups excluding carboxylic acids is 1. The molecule has 0 atom stereocenters. The molecule has 0 aliphatic heterocycles. The molecule has 1 aliphatic rings. The molecule has 0 spiro atoms. The lowest BCUT2D eigenvalue weighted by molar-refractivity contribution is 0.0908. The van der Waals surface area contributed by atoms with Gasteiger partial charge in [-0.2, -0.15) is 0 Å². The third kappa shape index (κ3) is 3.99. The molecule has 0 aromatic heterocycles. The molecule has 1 N–H and O–H groups in total. The van der Waals surface area contributed by atoms with Crippen molar-refractivity contribution in [3.8, 4) is 0 Å². The van der Waals surface area contributed by atoms with Gasteiger partial charge in [-0.3, -0.25) is 4.79 Å². The van der Waals surface area contributed by atoms with Crippen LogP contribution >= 0.6 is 28.6 Å². The molecule has 0 radical (unpaired) electrons. The van der Waals surface area contributed by atoms with Gasteiger partial charge in [0.1, 0.15) is 0 Å². The lowest BCUT2D eigenvalue weighted by Crippen LogP contribution is -2.39. The van der Waals surface area contributed by atoms with Gasteiger partial charge in [0.2, 0.25) is 0 Å². The maximum atomic E-state index is 12.3. The van der Waals surface area contributed by atoms with Crippen molar-refractivity contribution in [3.63, 3.8) is 0 Å². The van der Waals surface area contributed by atoms with Gasteiger partial charge >= 0.3 is 0 Å². The predicted octanol–water partition coefficient (Wildman–Crippen LogP) is 4.44. The first-order valence-corrected chi connectivity index (χ1v) is 7.91. The molecule has 2 rings (SSSR count). The third-order valence-electron chi connectivity index (χ3n) is 3.87. The summed E-state index contributed by atoms with van der Waals surface area (Å²) in [6.45, 7) is 4.60. The molecule has 1 aromatic carbocycles. The number of carbonyl (C=O) groups is 1. The number of hydrogen-bond acceptors (Lipinski definition) is 2. The summed E-state index contributed by atoms with van der Waals surface area (Å²) in [5, 5.41) is 3.14. The van der Waals surface area contributed by atoms with Crippen molar-refractivity contribution in [2.45, 2.75) is 50.5 Å². The average molecular weight is 342 g/mol. The second kappa shape index (κ2) is 5.88. The molecule has 19 heavy (non-hydrogen) atoms. The van der Waals surface area contributed by atoms with E-state index in [1.807, 2.05) is 12.1 Å². The highest BCUT2D eigenvalue weighted by Gasteiger charge is 2.27. The summed E-state index contributed by atoms with van der Waals surface area (Å²) in [4.78, 5) is 13.1. The Labute approximate surface area is 128 Å². The van der Waals surface area contributed by atoms with E-state index in [4.69, 9.17) is 0 Å². The smallest absolute Gasteiger partial charge is 0.252 e. The van der Waals surface area contributed by atoms with Crippen molar-refractivity contribution >= 4 is 34.5 Å². The molecule has 0 saturated heterocycles. The summed E-state index contributed by atoms with van der Waals surface area (Å²) >= 11 is 7.70. The number of halogens is 1. The van der Waals surface area contributed by atoms with Crippen molar-refractivity contribution in [2.75, 3.05) is 0 Å². The molecule has 0 heterocycles. The Kier molecular flexibility index (Phi) is 4.62. The Morgan fingerprint density at radius 1 is 1.37 bits per heavy atom. The summed E-state index contributed by atoms with van der Waals surface area (Å²) in [5.41, 5.74) is 1.09. The third-order valence-corrected chi connectivity index (χ3v) is 4.84. The monoisotopic (exact) mass is 341 g/mol. The van der Waals surface area contributed by atoms with Gasteiger partial charge in [0.15, 0.2) is 0 Å². The summed E-state index contributed by atoms with van der Waals surface area (Å²) in [5.74, 6) is -0.00696. The van der Waals surface area contributed by atoms with E-state index in [1.165, 1.54) is 12.8 Å². The summed E-state index contributed by atoms with van der Waals surface area (Å²) < 4.78 is 0.818. The van der Waals surface area contributed by atoms with Gasteiger partial charge in [0.05, 0.1) is 5.56 Å². The fourth-order valence-electron chi connectivity index (χ4n) is 2.49. The van der Waals surface area contributed by atoms with Crippen LogP contribution in [0.15, 0.2) is 27.6 Å². The number of thiol groups is 1. The largest absolute Gasteiger partial charge is 0.349 e. The molecule has 2 nitrogen and oxygen atoms in total. The molecule has 104 valence electrons. The van der Waals surface area contributed by atoms with Crippen LogP contribution < -0.4 is 5.32 Å². The van der Waals surface area contributed by atoms with Crippen LogP contribution in [0, 0.1) is 5.41 Å². The van der Waals surface area contributed by atoms with Gasteiger partial charge in [-0.15, -0.1) is 12.6 Å². The maximum absolute atomic E-state index is 12.3. The van der Waals surface area contributed by atoms with Gasteiger partial charge in [-0.25, -0.2) is 0 Å². The highest BCUT2D eigenvalue weighted by Crippen LogP contribution is 2.35. The van der Waals surface area contributed by atoms with Crippen molar-refractivity contribution < 1.29 is 4.79 Å². The zero-order valence-corrected chi connectivity index (χ0v) is 13.9. The Balaban J connectivity index is 2.00.